The first-order valence-corrected chi connectivity index (χ1v) is 28.6. The molecule has 0 radical (unpaired) electrons. The first-order chi connectivity index (χ1) is 35.9. The third-order valence-electron chi connectivity index (χ3n) is 14.5. The molecule has 5 N–H and O–H groups in total. The van der Waals surface area contributed by atoms with Crippen molar-refractivity contribution < 1.29 is 47.6 Å². The largest absolute Gasteiger partial charge is 0.508 e. The number of benzene rings is 4. The van der Waals surface area contributed by atoms with E-state index in [0.29, 0.717) is 24.5 Å². The topological polar surface area (TPSA) is 208 Å². The molecule has 6 atom stereocenters. The monoisotopic (exact) mass is 1060 g/mol. The number of likely N-dealkylation sites (tertiary alicyclic amines) is 1. The van der Waals surface area contributed by atoms with Gasteiger partial charge in [0.15, 0.2) is 0 Å². The van der Waals surface area contributed by atoms with Crippen LogP contribution in [0.15, 0.2) is 103 Å². The molecule has 3 amide bonds. The Bertz CT molecular complexity index is 2900. The minimum atomic E-state index is -3.89. The summed E-state index contributed by atoms with van der Waals surface area (Å²) < 4.78 is 42.8. The second-order valence-corrected chi connectivity index (χ2v) is 23.9. The van der Waals surface area contributed by atoms with Gasteiger partial charge in [-0.1, -0.05) is 101 Å². The van der Waals surface area contributed by atoms with Crippen LogP contribution in [-0.4, -0.2) is 107 Å². The average molecular weight is 1060 g/mol. The summed E-state index contributed by atoms with van der Waals surface area (Å²) in [7, 11) is -3.89. The molecule has 3 aliphatic heterocycles. The standard InChI is InChI=1S/C58H71N5O10S2/c1-6-63(75(70,71)49-33-48-51(39-19-25-43(64)26-20-39)52(53(49)73-48)40-21-27-44(65)28-22-40)42-23-29-46(30-24-42)72-31-13-11-9-7-8-10-12-14-50(67)61-55(58(3,4)5)57(69)62-35-45(66)32-47(62)56(68)59-34-38-15-17-41(18-16-38)54-37(2)60-36-74-54/h15-30,36,45,47-49,53,55,64-66H,6-14,31-35H2,1-5H3,(H,59,68)(H,61,67)/t45-,47+,48-,49?,53+,55-/m1/s1. The Morgan fingerprint density at radius 3 is 2.03 bits per heavy atom. The number of aryl methyl sites for hydroxylation is 1. The number of hydrogen-bond acceptors (Lipinski definition) is 12. The number of hydrogen-bond donors (Lipinski definition) is 5. The molecule has 15 nitrogen and oxygen atoms in total. The van der Waals surface area contributed by atoms with Crippen LogP contribution in [0.3, 0.4) is 0 Å². The van der Waals surface area contributed by atoms with Gasteiger partial charge in [-0.3, -0.25) is 18.7 Å². The summed E-state index contributed by atoms with van der Waals surface area (Å²) >= 11 is 1.58. The van der Waals surface area contributed by atoms with Crippen LogP contribution >= 0.6 is 11.3 Å². The number of carbonyl (C=O) groups excluding carboxylic acids is 3. The van der Waals surface area contributed by atoms with E-state index in [9.17, 15) is 38.1 Å². The Kier molecular flexibility index (Phi) is 17.7. The van der Waals surface area contributed by atoms with Crippen molar-refractivity contribution in [2.24, 2.45) is 5.41 Å². The molecule has 5 aromatic rings. The van der Waals surface area contributed by atoms with Gasteiger partial charge < -0.3 is 40.3 Å². The van der Waals surface area contributed by atoms with Gasteiger partial charge in [-0.15, -0.1) is 11.3 Å². The minimum Gasteiger partial charge on any atom is -0.508 e. The van der Waals surface area contributed by atoms with Crippen molar-refractivity contribution in [3.63, 3.8) is 0 Å². The molecule has 2 bridgehead atoms. The lowest BCUT2D eigenvalue weighted by Crippen LogP contribution is -2.57. The van der Waals surface area contributed by atoms with Crippen LogP contribution in [0.1, 0.15) is 114 Å². The molecule has 8 rings (SSSR count). The molecule has 400 valence electrons. The quantitative estimate of drug-likeness (QED) is 0.0390. The van der Waals surface area contributed by atoms with Gasteiger partial charge in [0.2, 0.25) is 27.7 Å². The molecule has 75 heavy (non-hydrogen) atoms. The van der Waals surface area contributed by atoms with E-state index in [-0.39, 0.29) is 68.1 Å². The summed E-state index contributed by atoms with van der Waals surface area (Å²) in [6.45, 7) is 10.5. The number of nitrogens with one attached hydrogen (secondary N) is 2. The fourth-order valence-corrected chi connectivity index (χ4v) is 13.3. The number of phenolic OH excluding ortho intramolecular Hbond substituents is 2. The van der Waals surface area contributed by atoms with Crippen LogP contribution in [0, 0.1) is 12.3 Å². The average Bonchev–Trinajstić information content (AvgIpc) is 4.21. The Hall–Kier alpha value is -6.27. The predicted octanol–water partition coefficient (Wildman–Crippen LogP) is 9.15. The number of aliphatic hydroxyl groups excluding tert-OH is 1. The molecule has 2 fully saturated rings. The number of nitrogens with zero attached hydrogens (tertiary/aromatic N) is 3. The first-order valence-electron chi connectivity index (χ1n) is 26.2. The zero-order valence-corrected chi connectivity index (χ0v) is 45.2. The maximum absolute atomic E-state index is 14.5. The lowest BCUT2D eigenvalue weighted by atomic mass is 9.83. The highest BCUT2D eigenvalue weighted by Gasteiger charge is 2.54. The number of anilines is 1. The number of rotatable bonds is 23. The van der Waals surface area contributed by atoms with Crippen molar-refractivity contribution in [2.75, 3.05) is 24.0 Å². The molecule has 1 aromatic heterocycles. The third kappa shape index (κ3) is 13.1. The van der Waals surface area contributed by atoms with Gasteiger partial charge in [-0.05, 0) is 120 Å². The number of thiazole rings is 1. The third-order valence-corrected chi connectivity index (χ3v) is 17.7. The summed E-state index contributed by atoms with van der Waals surface area (Å²) in [4.78, 5) is 47.6. The molecular weight excluding hydrogens is 991 g/mol. The van der Waals surface area contributed by atoms with Gasteiger partial charge >= 0.3 is 0 Å². The normalized spacial score (nSPS) is 19.8. The lowest BCUT2D eigenvalue weighted by Gasteiger charge is -2.35. The molecule has 3 aliphatic rings. The maximum Gasteiger partial charge on any atom is 0.246 e. The number of β-amino-alcohol motifs (C(OH)–C–C–N with tert-alkyl or cyclic N) is 1. The van der Waals surface area contributed by atoms with Crippen molar-refractivity contribution in [1.29, 1.82) is 0 Å². The number of aliphatic hydroxyl groups is 1. The smallest absolute Gasteiger partial charge is 0.246 e. The van der Waals surface area contributed by atoms with Crippen molar-refractivity contribution in [3.05, 3.63) is 125 Å². The van der Waals surface area contributed by atoms with Gasteiger partial charge in [0.1, 0.15) is 40.7 Å². The number of phenols is 2. The number of unbranched alkanes of at least 4 members (excludes halogenated alkanes) is 6. The molecule has 4 aromatic carbocycles. The van der Waals surface area contributed by atoms with E-state index in [0.717, 1.165) is 82.5 Å². The van der Waals surface area contributed by atoms with Crippen LogP contribution in [0.5, 0.6) is 17.2 Å². The van der Waals surface area contributed by atoms with E-state index in [1.165, 1.54) is 9.21 Å². The van der Waals surface area contributed by atoms with E-state index < -0.39 is 51.1 Å². The Balaban J connectivity index is 0.736. The van der Waals surface area contributed by atoms with Gasteiger partial charge in [0, 0.05) is 32.5 Å². The molecule has 2 saturated heterocycles. The number of aromatic nitrogens is 1. The molecular formula is C58H71N5O10S2. The van der Waals surface area contributed by atoms with E-state index in [2.05, 4.69) is 15.6 Å². The highest BCUT2D eigenvalue weighted by Crippen LogP contribution is 2.51. The van der Waals surface area contributed by atoms with Gasteiger partial charge in [0.05, 0.1) is 40.6 Å². The Morgan fingerprint density at radius 2 is 1.43 bits per heavy atom. The van der Waals surface area contributed by atoms with Crippen LogP contribution in [0.25, 0.3) is 21.6 Å². The highest BCUT2D eigenvalue weighted by molar-refractivity contribution is 7.93. The zero-order chi connectivity index (χ0) is 53.4. The fraction of sp³-hybridized carbons (Fsp3) is 0.448. The van der Waals surface area contributed by atoms with Crippen molar-refractivity contribution >= 4 is 55.9 Å². The van der Waals surface area contributed by atoms with Crippen LogP contribution in [0.4, 0.5) is 5.69 Å². The molecule has 4 heterocycles. The van der Waals surface area contributed by atoms with Crippen molar-refractivity contribution in [2.45, 2.75) is 141 Å². The summed E-state index contributed by atoms with van der Waals surface area (Å²) in [5, 5.41) is 35.7. The van der Waals surface area contributed by atoms with E-state index >= 15 is 0 Å². The van der Waals surface area contributed by atoms with Crippen LogP contribution < -0.4 is 19.7 Å². The summed E-state index contributed by atoms with van der Waals surface area (Å²) in [5.74, 6) is -0.0483. The second kappa shape index (κ2) is 24.2. The van der Waals surface area contributed by atoms with Crippen molar-refractivity contribution in [3.8, 4) is 27.7 Å². The SMILES string of the molecule is CCN(c1ccc(OCCCCCCCCCC(=O)N[C@H](C(=O)N2C[C@H](O)C[C@H]2C(=O)NCc2ccc(-c3scnc3C)cc2)C(C)(C)C)cc1)S(=O)(=O)C1C[C@H]2O[C@@H]1C(c1ccc(O)cc1)=C2c1ccc(O)cc1. The number of carbonyl (C=O) groups is 3. The Morgan fingerprint density at radius 1 is 0.827 bits per heavy atom. The second-order valence-electron chi connectivity index (χ2n) is 21.0. The van der Waals surface area contributed by atoms with Crippen LogP contribution in [0.2, 0.25) is 0 Å². The fourth-order valence-electron chi connectivity index (χ4n) is 10.5. The minimum absolute atomic E-state index is 0.0169. The lowest BCUT2D eigenvalue weighted by molar-refractivity contribution is -0.144. The summed E-state index contributed by atoms with van der Waals surface area (Å²) in [6.07, 6.45) is 5.03. The van der Waals surface area contributed by atoms with Gasteiger partial charge in [-0.2, -0.15) is 0 Å². The molecule has 0 spiro atoms. The maximum atomic E-state index is 14.5. The molecule has 0 saturated carbocycles. The van der Waals surface area contributed by atoms with E-state index in [4.69, 9.17) is 9.47 Å². The zero-order valence-electron chi connectivity index (χ0n) is 43.5. The number of ether oxygens (including phenoxy) is 2. The van der Waals surface area contributed by atoms with E-state index in [1.54, 1.807) is 72.0 Å². The predicted molar refractivity (Wildman–Crippen MR) is 293 cm³/mol. The van der Waals surface area contributed by atoms with Crippen molar-refractivity contribution in [1.82, 2.24) is 20.5 Å². The first kappa shape index (κ1) is 55.0. The highest BCUT2D eigenvalue weighted by atomic mass is 32.2. The molecule has 1 unspecified atom stereocenters. The summed E-state index contributed by atoms with van der Waals surface area (Å²) in [5.41, 5.74) is 7.92. The summed E-state index contributed by atoms with van der Waals surface area (Å²) in [6, 6.07) is 26.9. The Labute approximate surface area is 445 Å². The number of fused-ring (bicyclic) bond motifs is 2. The molecule has 17 heteroatoms. The number of amides is 3. The molecule has 0 aliphatic carbocycles. The number of aromatic hydroxyl groups is 2. The van der Waals surface area contributed by atoms with Crippen LogP contribution in [-0.2, 0) is 35.7 Å². The van der Waals surface area contributed by atoms with E-state index in [1.807, 2.05) is 76.5 Å². The van der Waals surface area contributed by atoms with Gasteiger partial charge in [-0.25, -0.2) is 13.4 Å². The van der Waals surface area contributed by atoms with Gasteiger partial charge in [0.25, 0.3) is 0 Å². The number of sulfonamides is 1.